The van der Waals surface area contributed by atoms with Gasteiger partial charge in [-0.2, -0.15) is 0 Å². The van der Waals surface area contributed by atoms with Crippen LogP contribution in [0.1, 0.15) is 0 Å². The minimum absolute atomic E-state index is 0.284. The first-order valence-electron chi connectivity index (χ1n) is 8.03. The number of halogens is 3. The summed E-state index contributed by atoms with van der Waals surface area (Å²) < 4.78 is 45.2. The molecule has 0 heterocycles. The van der Waals surface area contributed by atoms with Gasteiger partial charge in [-0.1, -0.05) is 18.2 Å². The highest BCUT2D eigenvalue weighted by Crippen LogP contribution is 2.23. The van der Waals surface area contributed by atoms with Gasteiger partial charge >= 0.3 is 11.8 Å². The Labute approximate surface area is 157 Å². The number of ether oxygens (including phenoxy) is 1. The van der Waals surface area contributed by atoms with Crippen LogP contribution in [0.4, 0.5) is 24.5 Å². The molecule has 28 heavy (non-hydrogen) atoms. The van der Waals surface area contributed by atoms with Crippen LogP contribution in [0, 0.1) is 17.5 Å². The first-order chi connectivity index (χ1) is 13.4. The molecular weight excluding hydrogens is 373 g/mol. The van der Waals surface area contributed by atoms with E-state index in [4.69, 9.17) is 4.74 Å². The molecule has 0 aliphatic rings. The van der Waals surface area contributed by atoms with Gasteiger partial charge in [0, 0.05) is 5.69 Å². The number of hydrogen-bond acceptors (Lipinski definition) is 3. The average Bonchev–Trinajstić information content (AvgIpc) is 2.70. The summed E-state index contributed by atoms with van der Waals surface area (Å²) in [5.41, 5.74) is -0.364. The Morgan fingerprint density at radius 3 is 1.96 bits per heavy atom. The van der Waals surface area contributed by atoms with Gasteiger partial charge in [-0.15, -0.1) is 0 Å². The van der Waals surface area contributed by atoms with Crippen molar-refractivity contribution < 1.29 is 27.5 Å². The lowest BCUT2D eigenvalue weighted by Gasteiger charge is -2.09. The molecule has 142 valence electrons. The molecule has 0 aliphatic heterocycles. The third-order valence-corrected chi connectivity index (χ3v) is 3.58. The highest BCUT2D eigenvalue weighted by atomic mass is 19.2. The number of carbonyl (C=O) groups excluding carboxylic acids is 2. The third kappa shape index (κ3) is 4.47. The molecule has 3 aromatic rings. The van der Waals surface area contributed by atoms with Crippen LogP contribution in [0.25, 0.3) is 0 Å². The Bertz CT molecular complexity index is 1010. The summed E-state index contributed by atoms with van der Waals surface area (Å²) in [6, 6.07) is 16.6. The van der Waals surface area contributed by atoms with Crippen molar-refractivity contribution >= 4 is 23.2 Å². The van der Waals surface area contributed by atoms with Crippen molar-refractivity contribution in [2.75, 3.05) is 10.6 Å². The largest absolute Gasteiger partial charge is 0.457 e. The standard InChI is InChI=1S/C20H13F3N2O3/c21-15-10-11-16(18(23)17(15)22)25-20(27)19(26)24-12-6-8-14(9-7-12)28-13-4-2-1-3-5-13/h1-11H,(H,24,26)(H,25,27). The minimum atomic E-state index is -1.74. The fourth-order valence-electron chi connectivity index (χ4n) is 2.22. The summed E-state index contributed by atoms with van der Waals surface area (Å²) in [6.45, 7) is 0. The first-order valence-corrected chi connectivity index (χ1v) is 8.03. The Morgan fingerprint density at radius 1 is 0.679 bits per heavy atom. The molecule has 0 radical (unpaired) electrons. The monoisotopic (exact) mass is 386 g/mol. The van der Waals surface area contributed by atoms with Crippen LogP contribution >= 0.6 is 0 Å². The summed E-state index contributed by atoms with van der Waals surface area (Å²) >= 11 is 0. The average molecular weight is 386 g/mol. The lowest BCUT2D eigenvalue weighted by molar-refractivity contribution is -0.133. The second-order valence-corrected chi connectivity index (χ2v) is 5.57. The number of benzene rings is 3. The van der Waals surface area contributed by atoms with E-state index >= 15 is 0 Å². The molecule has 0 saturated carbocycles. The molecule has 0 spiro atoms. The van der Waals surface area contributed by atoms with Crippen LogP contribution in [0.2, 0.25) is 0 Å². The van der Waals surface area contributed by atoms with E-state index in [1.54, 1.807) is 24.3 Å². The van der Waals surface area contributed by atoms with Crippen LogP contribution in [0.3, 0.4) is 0 Å². The smallest absolute Gasteiger partial charge is 0.314 e. The summed E-state index contributed by atoms with van der Waals surface area (Å²) in [7, 11) is 0. The fraction of sp³-hybridized carbons (Fsp3) is 0. The number of rotatable bonds is 4. The van der Waals surface area contributed by atoms with Gasteiger partial charge in [-0.05, 0) is 48.5 Å². The number of amides is 2. The molecule has 5 nitrogen and oxygen atoms in total. The molecule has 0 aliphatic carbocycles. The molecule has 0 saturated heterocycles. The SMILES string of the molecule is O=C(Nc1ccc(Oc2ccccc2)cc1)C(=O)Nc1ccc(F)c(F)c1F. The number of carbonyl (C=O) groups is 2. The summed E-state index contributed by atoms with van der Waals surface area (Å²) in [5, 5.41) is 4.19. The normalized spacial score (nSPS) is 10.2. The fourth-order valence-corrected chi connectivity index (χ4v) is 2.22. The van der Waals surface area contributed by atoms with Crippen molar-refractivity contribution in [2.24, 2.45) is 0 Å². The van der Waals surface area contributed by atoms with E-state index in [1.165, 1.54) is 12.1 Å². The lowest BCUT2D eigenvalue weighted by atomic mass is 10.2. The predicted octanol–water partition coefficient (Wildman–Crippen LogP) is 4.47. The molecule has 2 N–H and O–H groups in total. The molecule has 3 rings (SSSR count). The van der Waals surface area contributed by atoms with E-state index in [-0.39, 0.29) is 5.69 Å². The van der Waals surface area contributed by atoms with Crippen LogP contribution in [-0.4, -0.2) is 11.8 Å². The maximum Gasteiger partial charge on any atom is 0.314 e. The van der Waals surface area contributed by atoms with Crippen LogP contribution in [-0.2, 0) is 9.59 Å². The molecule has 2 amide bonds. The Morgan fingerprint density at radius 2 is 1.29 bits per heavy atom. The van der Waals surface area contributed by atoms with Gasteiger partial charge in [-0.3, -0.25) is 9.59 Å². The number of nitrogens with one attached hydrogen (secondary N) is 2. The van der Waals surface area contributed by atoms with Crippen LogP contribution < -0.4 is 15.4 Å². The van der Waals surface area contributed by atoms with E-state index < -0.39 is 35.0 Å². The lowest BCUT2D eigenvalue weighted by Crippen LogP contribution is -2.29. The van der Waals surface area contributed by atoms with E-state index in [1.807, 2.05) is 23.5 Å². The molecular formula is C20H13F3N2O3. The molecule has 0 aromatic heterocycles. The van der Waals surface area contributed by atoms with Gasteiger partial charge in [0.25, 0.3) is 0 Å². The Kier molecular flexibility index (Phi) is 5.59. The van der Waals surface area contributed by atoms with Crippen molar-refractivity contribution in [3.8, 4) is 11.5 Å². The first kappa shape index (κ1) is 19.0. The van der Waals surface area contributed by atoms with Crippen molar-refractivity contribution in [3.05, 3.63) is 84.2 Å². The molecule has 0 bridgehead atoms. The van der Waals surface area contributed by atoms with Crippen LogP contribution in [0.15, 0.2) is 66.7 Å². The number of para-hydroxylation sites is 1. The second-order valence-electron chi connectivity index (χ2n) is 5.57. The topological polar surface area (TPSA) is 67.4 Å². The molecule has 0 fully saturated rings. The van der Waals surface area contributed by atoms with Gasteiger partial charge < -0.3 is 15.4 Å². The van der Waals surface area contributed by atoms with E-state index in [0.717, 1.165) is 6.07 Å². The molecule has 0 unspecified atom stereocenters. The maximum atomic E-state index is 13.6. The van der Waals surface area contributed by atoms with Crippen LogP contribution in [0.5, 0.6) is 11.5 Å². The summed E-state index contributed by atoms with van der Waals surface area (Å²) in [5.74, 6) is -5.95. The van der Waals surface area contributed by atoms with Gasteiger partial charge in [-0.25, -0.2) is 13.2 Å². The third-order valence-electron chi connectivity index (χ3n) is 3.58. The second kappa shape index (κ2) is 8.26. The highest BCUT2D eigenvalue weighted by molar-refractivity contribution is 6.43. The van der Waals surface area contributed by atoms with Gasteiger partial charge in [0.1, 0.15) is 11.5 Å². The summed E-state index contributed by atoms with van der Waals surface area (Å²) in [6.07, 6.45) is 0. The minimum Gasteiger partial charge on any atom is -0.457 e. The Hall–Kier alpha value is -3.81. The van der Waals surface area contributed by atoms with Crippen molar-refractivity contribution in [1.82, 2.24) is 0 Å². The quantitative estimate of drug-likeness (QED) is 0.513. The van der Waals surface area contributed by atoms with Crippen molar-refractivity contribution in [3.63, 3.8) is 0 Å². The zero-order valence-corrected chi connectivity index (χ0v) is 14.2. The van der Waals surface area contributed by atoms with E-state index in [9.17, 15) is 22.8 Å². The van der Waals surface area contributed by atoms with E-state index in [2.05, 4.69) is 5.32 Å². The zero-order chi connectivity index (χ0) is 20.1. The zero-order valence-electron chi connectivity index (χ0n) is 14.2. The molecule has 3 aromatic carbocycles. The number of anilines is 2. The highest BCUT2D eigenvalue weighted by Gasteiger charge is 2.19. The van der Waals surface area contributed by atoms with Crippen molar-refractivity contribution in [1.29, 1.82) is 0 Å². The van der Waals surface area contributed by atoms with Gasteiger partial charge in [0.2, 0.25) is 0 Å². The van der Waals surface area contributed by atoms with Gasteiger partial charge in [0.15, 0.2) is 17.5 Å². The Balaban J connectivity index is 1.61. The molecule has 8 heteroatoms. The predicted molar refractivity (Wildman–Crippen MR) is 96.5 cm³/mol. The van der Waals surface area contributed by atoms with Gasteiger partial charge in [0.05, 0.1) is 5.69 Å². The van der Waals surface area contributed by atoms with E-state index in [0.29, 0.717) is 17.6 Å². The van der Waals surface area contributed by atoms with Crippen molar-refractivity contribution in [2.45, 2.75) is 0 Å². The summed E-state index contributed by atoms with van der Waals surface area (Å²) in [4.78, 5) is 23.8. The maximum absolute atomic E-state index is 13.6. The number of hydrogen-bond donors (Lipinski definition) is 2. The molecule has 0 atom stereocenters.